The lowest BCUT2D eigenvalue weighted by molar-refractivity contribution is 0.100. The van der Waals surface area contributed by atoms with Gasteiger partial charge in [-0.1, -0.05) is 12.8 Å². The van der Waals surface area contributed by atoms with Gasteiger partial charge in [-0.3, -0.25) is 9.20 Å². The molecule has 6 N–H and O–H groups in total. The fraction of sp³-hybridized carbons (Fsp3) is 0.409. The van der Waals surface area contributed by atoms with E-state index in [1.165, 1.54) is 0 Å². The molecule has 1 saturated carbocycles. The number of ether oxygens (including phenoxy) is 2. The molecule has 10 heteroatoms. The van der Waals surface area contributed by atoms with E-state index in [1.807, 2.05) is 19.1 Å². The second-order valence-corrected chi connectivity index (χ2v) is 7.97. The Morgan fingerprint density at radius 1 is 1.19 bits per heavy atom. The van der Waals surface area contributed by atoms with Crippen LogP contribution in [0.1, 0.15) is 41.6 Å². The summed E-state index contributed by atoms with van der Waals surface area (Å²) < 4.78 is 12.7. The summed E-state index contributed by atoms with van der Waals surface area (Å²) in [7, 11) is 3.18. The van der Waals surface area contributed by atoms with Crippen LogP contribution in [-0.2, 0) is 0 Å². The molecule has 2 atom stereocenters. The highest BCUT2D eigenvalue weighted by atomic mass is 16.5. The number of carbonyl (C=O) groups is 1. The Morgan fingerprint density at radius 3 is 2.50 bits per heavy atom. The summed E-state index contributed by atoms with van der Waals surface area (Å²) in [6.07, 6.45) is 7.48. The summed E-state index contributed by atoms with van der Waals surface area (Å²) in [5, 5.41) is 6.66. The number of carbonyl (C=O) groups excluding carboxylic acids is 1. The van der Waals surface area contributed by atoms with E-state index in [0.29, 0.717) is 28.8 Å². The van der Waals surface area contributed by atoms with Gasteiger partial charge in [0.25, 0.3) is 5.91 Å². The smallest absolute Gasteiger partial charge is 0.256 e. The van der Waals surface area contributed by atoms with Crippen LogP contribution in [0, 0.1) is 6.92 Å². The van der Waals surface area contributed by atoms with Crippen molar-refractivity contribution in [2.24, 2.45) is 11.5 Å². The summed E-state index contributed by atoms with van der Waals surface area (Å²) in [5.74, 6) is 1.47. The van der Waals surface area contributed by atoms with E-state index in [9.17, 15) is 4.79 Å². The van der Waals surface area contributed by atoms with E-state index in [1.54, 1.807) is 31.0 Å². The van der Waals surface area contributed by atoms with E-state index in [4.69, 9.17) is 25.9 Å². The predicted molar refractivity (Wildman–Crippen MR) is 123 cm³/mol. The first-order valence-corrected chi connectivity index (χ1v) is 10.6. The molecule has 2 heterocycles. The van der Waals surface area contributed by atoms with Crippen molar-refractivity contribution in [3.05, 3.63) is 35.7 Å². The number of anilines is 3. The number of nitrogens with two attached hydrogens (primary N) is 2. The molecule has 0 spiro atoms. The number of benzene rings is 1. The molecule has 1 amide bonds. The van der Waals surface area contributed by atoms with Gasteiger partial charge in [0.2, 0.25) is 5.95 Å². The number of primary amides is 1. The molecule has 170 valence electrons. The van der Waals surface area contributed by atoms with Gasteiger partial charge in [0.1, 0.15) is 17.1 Å². The molecule has 2 aromatic heterocycles. The Balaban J connectivity index is 1.80. The molecule has 0 saturated heterocycles. The van der Waals surface area contributed by atoms with Gasteiger partial charge in [-0.05, 0) is 19.8 Å². The van der Waals surface area contributed by atoms with Crippen molar-refractivity contribution in [2.75, 3.05) is 24.9 Å². The molecule has 32 heavy (non-hydrogen) atoms. The minimum absolute atomic E-state index is 0.0296. The maximum absolute atomic E-state index is 12.4. The molecule has 1 aliphatic carbocycles. The van der Waals surface area contributed by atoms with Crippen molar-refractivity contribution >= 4 is 29.0 Å². The summed E-state index contributed by atoms with van der Waals surface area (Å²) in [5.41, 5.74) is 14.1. The highest BCUT2D eigenvalue weighted by molar-refractivity contribution is 6.04. The first-order chi connectivity index (χ1) is 15.4. The molecule has 4 rings (SSSR count). The van der Waals surface area contributed by atoms with Crippen molar-refractivity contribution in [3.8, 4) is 11.5 Å². The number of rotatable bonds is 7. The van der Waals surface area contributed by atoms with Crippen LogP contribution in [0.5, 0.6) is 11.5 Å². The van der Waals surface area contributed by atoms with Gasteiger partial charge in [-0.25, -0.2) is 4.98 Å². The van der Waals surface area contributed by atoms with Gasteiger partial charge in [0, 0.05) is 47.9 Å². The molecule has 3 aromatic rings. The van der Waals surface area contributed by atoms with Gasteiger partial charge in [0.05, 0.1) is 14.2 Å². The van der Waals surface area contributed by atoms with E-state index >= 15 is 0 Å². The van der Waals surface area contributed by atoms with Crippen molar-refractivity contribution in [2.45, 2.75) is 44.7 Å². The summed E-state index contributed by atoms with van der Waals surface area (Å²) in [4.78, 5) is 21.4. The lowest BCUT2D eigenvalue weighted by Gasteiger charge is -2.30. The van der Waals surface area contributed by atoms with Gasteiger partial charge in [-0.15, -0.1) is 0 Å². The van der Waals surface area contributed by atoms with Crippen LogP contribution in [-0.4, -0.2) is 46.6 Å². The van der Waals surface area contributed by atoms with Crippen LogP contribution >= 0.6 is 0 Å². The number of aromatic nitrogens is 3. The number of methoxy groups -OCH3 is 2. The van der Waals surface area contributed by atoms with Crippen molar-refractivity contribution in [1.82, 2.24) is 14.4 Å². The molecular weight excluding hydrogens is 410 g/mol. The van der Waals surface area contributed by atoms with Crippen molar-refractivity contribution in [3.63, 3.8) is 0 Å². The fourth-order valence-corrected chi connectivity index (χ4v) is 4.20. The Morgan fingerprint density at radius 2 is 1.88 bits per heavy atom. The molecule has 10 nitrogen and oxygen atoms in total. The van der Waals surface area contributed by atoms with Crippen LogP contribution in [0.3, 0.4) is 0 Å². The molecular formula is C22H29N7O3. The topological polar surface area (TPSA) is 142 Å². The number of nitrogens with zero attached hydrogens (tertiary/aromatic N) is 3. The number of nitrogens with one attached hydrogen (secondary N) is 2. The summed E-state index contributed by atoms with van der Waals surface area (Å²) in [6.45, 7) is 1.90. The van der Waals surface area contributed by atoms with Gasteiger partial charge in [0.15, 0.2) is 11.5 Å². The number of hydrogen-bond acceptors (Lipinski definition) is 8. The lowest BCUT2D eigenvalue weighted by Crippen LogP contribution is -2.43. The highest BCUT2D eigenvalue weighted by Crippen LogP contribution is 2.34. The Bertz CT molecular complexity index is 1120. The molecule has 1 aromatic carbocycles. The minimum Gasteiger partial charge on any atom is -0.496 e. The maximum Gasteiger partial charge on any atom is 0.256 e. The normalized spacial score (nSPS) is 18.4. The van der Waals surface area contributed by atoms with E-state index in [-0.39, 0.29) is 23.5 Å². The minimum atomic E-state index is -0.636. The monoisotopic (exact) mass is 439 g/mol. The maximum atomic E-state index is 12.4. The van der Waals surface area contributed by atoms with E-state index in [0.717, 1.165) is 31.2 Å². The van der Waals surface area contributed by atoms with E-state index in [2.05, 4.69) is 15.6 Å². The molecule has 0 radical (unpaired) electrons. The first-order valence-electron chi connectivity index (χ1n) is 10.6. The third kappa shape index (κ3) is 4.01. The molecule has 1 aliphatic rings. The summed E-state index contributed by atoms with van der Waals surface area (Å²) in [6, 6.07) is 3.73. The molecule has 0 aliphatic heterocycles. The zero-order chi connectivity index (χ0) is 22.8. The van der Waals surface area contributed by atoms with Crippen LogP contribution in [0.25, 0.3) is 5.65 Å². The summed E-state index contributed by atoms with van der Waals surface area (Å²) >= 11 is 0. The van der Waals surface area contributed by atoms with Crippen LogP contribution in [0.15, 0.2) is 24.5 Å². The quantitative estimate of drug-likeness (QED) is 0.440. The second-order valence-electron chi connectivity index (χ2n) is 7.97. The van der Waals surface area contributed by atoms with Crippen molar-refractivity contribution < 1.29 is 14.3 Å². The highest BCUT2D eigenvalue weighted by Gasteiger charge is 2.25. The first kappa shape index (κ1) is 21.7. The average molecular weight is 440 g/mol. The SMILES string of the molecule is COc1cc(Nc2nc(NC3CCCCC3N)n3ccnc3c2C(N)=O)cc(OC)c1C. The zero-order valence-electron chi connectivity index (χ0n) is 18.5. The largest absolute Gasteiger partial charge is 0.496 e. The van der Waals surface area contributed by atoms with Gasteiger partial charge >= 0.3 is 0 Å². The van der Waals surface area contributed by atoms with Gasteiger partial charge in [-0.2, -0.15) is 4.98 Å². The number of amides is 1. The van der Waals surface area contributed by atoms with E-state index < -0.39 is 5.91 Å². The Labute approximate surface area is 186 Å². The third-order valence-electron chi connectivity index (χ3n) is 5.94. The predicted octanol–water partition coefficient (Wildman–Crippen LogP) is 2.58. The molecule has 0 bridgehead atoms. The lowest BCUT2D eigenvalue weighted by atomic mass is 9.91. The van der Waals surface area contributed by atoms with Crippen LogP contribution in [0.2, 0.25) is 0 Å². The molecule has 1 fully saturated rings. The van der Waals surface area contributed by atoms with Gasteiger partial charge < -0.3 is 31.6 Å². The Hall–Kier alpha value is -3.53. The fourth-order valence-electron chi connectivity index (χ4n) is 4.20. The standard InChI is InChI=1S/C22H29N7O3/c1-12-16(31-2)10-13(11-17(12)32-3)26-20-18(19(24)30)21-25-8-9-29(21)22(28-20)27-15-7-5-4-6-14(15)23/h8-11,14-15,26H,4-7,23H2,1-3H3,(H2,24,30)(H,27,28). The number of imidazole rings is 1. The number of fused-ring (bicyclic) bond motifs is 1. The van der Waals surface area contributed by atoms with Crippen LogP contribution in [0.4, 0.5) is 17.5 Å². The second kappa shape index (κ2) is 8.91. The average Bonchev–Trinajstić information content (AvgIpc) is 3.26. The van der Waals surface area contributed by atoms with Crippen molar-refractivity contribution in [1.29, 1.82) is 0 Å². The molecule has 2 unspecified atom stereocenters. The number of hydrogen-bond donors (Lipinski definition) is 4. The zero-order valence-corrected chi connectivity index (χ0v) is 18.5. The van der Waals surface area contributed by atoms with Crippen LogP contribution < -0.4 is 31.6 Å². The third-order valence-corrected chi connectivity index (χ3v) is 5.94. The Kier molecular flexibility index (Phi) is 6.04.